The van der Waals surface area contributed by atoms with Crippen molar-refractivity contribution in [2.75, 3.05) is 32.5 Å². The van der Waals surface area contributed by atoms with Crippen molar-refractivity contribution < 1.29 is 8.42 Å². The van der Waals surface area contributed by atoms with Gasteiger partial charge in [0.05, 0.1) is 30.4 Å². The molecular formula is C30H39N11O2S. The molecule has 1 atom stereocenters. The summed E-state index contributed by atoms with van der Waals surface area (Å²) in [6.45, 7) is 3.99. The van der Waals surface area contributed by atoms with E-state index in [1.807, 2.05) is 44.0 Å². The maximum absolute atomic E-state index is 12.7. The van der Waals surface area contributed by atoms with Gasteiger partial charge in [-0.2, -0.15) is 15.5 Å². The Labute approximate surface area is 258 Å². The number of sulfonamides is 1. The van der Waals surface area contributed by atoms with Crippen LogP contribution in [0.5, 0.6) is 0 Å². The quantitative estimate of drug-likeness (QED) is 0.241. The summed E-state index contributed by atoms with van der Waals surface area (Å²) >= 11 is 0. The largest absolute Gasteiger partial charge is 0.324 e. The molecule has 1 fully saturated rings. The van der Waals surface area contributed by atoms with Crippen LogP contribution in [0, 0.1) is 24.2 Å². The third-order valence-corrected chi connectivity index (χ3v) is 8.96. The third-order valence-electron chi connectivity index (χ3n) is 7.69. The Balaban J connectivity index is 1.21. The fraction of sp³-hybridized carbons (Fsp3) is 0.433. The highest BCUT2D eigenvalue weighted by atomic mass is 32.2. The van der Waals surface area contributed by atoms with E-state index in [-0.39, 0.29) is 11.1 Å². The summed E-state index contributed by atoms with van der Waals surface area (Å²) < 4.78 is 28.6. The molecule has 0 aliphatic carbocycles. The van der Waals surface area contributed by atoms with E-state index in [9.17, 15) is 13.7 Å². The van der Waals surface area contributed by atoms with E-state index in [0.29, 0.717) is 31.4 Å². The number of hydrogen-bond acceptors (Lipinski definition) is 10. The van der Waals surface area contributed by atoms with Crippen LogP contribution in [-0.2, 0) is 23.6 Å². The summed E-state index contributed by atoms with van der Waals surface area (Å²) in [6, 6.07) is 11.9. The molecular weight excluding hydrogens is 578 g/mol. The van der Waals surface area contributed by atoms with E-state index in [2.05, 4.69) is 48.4 Å². The molecule has 2 N–H and O–H groups in total. The number of rotatable bonds is 12. The number of nitriles is 1. The first-order valence-electron chi connectivity index (χ1n) is 14.6. The predicted octanol–water partition coefficient (Wildman–Crippen LogP) is 3.64. The van der Waals surface area contributed by atoms with Crippen molar-refractivity contribution in [2.24, 2.45) is 13.0 Å². The minimum Gasteiger partial charge on any atom is -0.324 e. The van der Waals surface area contributed by atoms with Crippen LogP contribution in [0.2, 0.25) is 0 Å². The maximum Gasteiger partial charge on any atom is 0.272 e. The van der Waals surface area contributed by atoms with Gasteiger partial charge in [0.15, 0.2) is 5.03 Å². The van der Waals surface area contributed by atoms with Gasteiger partial charge in [-0.05, 0) is 75.5 Å². The van der Waals surface area contributed by atoms with Gasteiger partial charge in [0.25, 0.3) is 10.0 Å². The van der Waals surface area contributed by atoms with Gasteiger partial charge < -0.3 is 10.2 Å². The molecule has 1 aliphatic rings. The molecule has 3 aromatic heterocycles. The van der Waals surface area contributed by atoms with Crippen molar-refractivity contribution in [3.8, 4) is 17.3 Å². The highest BCUT2D eigenvalue weighted by molar-refractivity contribution is 7.89. The molecule has 1 unspecified atom stereocenters. The third kappa shape index (κ3) is 7.86. The molecule has 1 aliphatic heterocycles. The SMILES string of the molecule is Cc1cnc(Nc2ccc(CN(C)C)cc2)nc1-c1cnn(C(CC#N)CC2CCN(NS(=O)(=O)c3ccn(C)n3)CC2)c1. The smallest absolute Gasteiger partial charge is 0.272 e. The van der Waals surface area contributed by atoms with E-state index in [0.717, 1.165) is 48.3 Å². The van der Waals surface area contributed by atoms with Gasteiger partial charge in [-0.3, -0.25) is 9.36 Å². The molecule has 4 heterocycles. The van der Waals surface area contributed by atoms with E-state index in [1.54, 1.807) is 30.6 Å². The van der Waals surface area contributed by atoms with Crippen molar-refractivity contribution in [2.45, 2.75) is 50.2 Å². The van der Waals surface area contributed by atoms with E-state index in [4.69, 9.17) is 4.98 Å². The second-order valence-electron chi connectivity index (χ2n) is 11.6. The van der Waals surface area contributed by atoms with Crippen LogP contribution in [0.25, 0.3) is 11.3 Å². The van der Waals surface area contributed by atoms with Crippen LogP contribution in [0.15, 0.2) is 60.1 Å². The van der Waals surface area contributed by atoms with Crippen molar-refractivity contribution in [3.05, 3.63) is 66.2 Å². The zero-order valence-electron chi connectivity index (χ0n) is 25.6. The Kier molecular flexibility index (Phi) is 9.70. The molecule has 0 spiro atoms. The number of hydrogen-bond donors (Lipinski definition) is 2. The van der Waals surface area contributed by atoms with E-state index < -0.39 is 10.0 Å². The van der Waals surface area contributed by atoms with Crippen LogP contribution in [-0.4, -0.2) is 75.0 Å². The zero-order valence-corrected chi connectivity index (χ0v) is 26.4. The second-order valence-corrected chi connectivity index (χ2v) is 13.2. The Bertz CT molecular complexity index is 1700. The Hall–Kier alpha value is -4.16. The number of benzene rings is 1. The molecule has 14 heteroatoms. The average Bonchev–Trinajstić information content (AvgIpc) is 3.66. The van der Waals surface area contributed by atoms with Crippen molar-refractivity contribution in [1.29, 1.82) is 5.26 Å². The Morgan fingerprint density at radius 3 is 2.55 bits per heavy atom. The van der Waals surface area contributed by atoms with Gasteiger partial charge in [-0.25, -0.2) is 23.4 Å². The normalized spacial score (nSPS) is 15.4. The van der Waals surface area contributed by atoms with Crippen LogP contribution in [0.1, 0.15) is 42.9 Å². The van der Waals surface area contributed by atoms with Crippen molar-refractivity contribution in [3.63, 3.8) is 0 Å². The molecule has 0 radical (unpaired) electrons. The van der Waals surface area contributed by atoms with Gasteiger partial charge in [0, 0.05) is 56.5 Å². The highest BCUT2D eigenvalue weighted by Gasteiger charge is 2.27. The molecule has 0 amide bonds. The minimum absolute atomic E-state index is 0.00166. The lowest BCUT2D eigenvalue weighted by Gasteiger charge is -2.33. The van der Waals surface area contributed by atoms with E-state index in [1.165, 1.54) is 16.3 Å². The van der Waals surface area contributed by atoms with Gasteiger partial charge in [-0.1, -0.05) is 12.1 Å². The Morgan fingerprint density at radius 2 is 1.89 bits per heavy atom. The fourth-order valence-corrected chi connectivity index (χ4v) is 6.52. The highest BCUT2D eigenvalue weighted by Crippen LogP contribution is 2.30. The van der Waals surface area contributed by atoms with Gasteiger partial charge in [-0.15, -0.1) is 4.83 Å². The number of aryl methyl sites for hydroxylation is 2. The molecule has 232 valence electrons. The zero-order chi connectivity index (χ0) is 31.3. The van der Waals surface area contributed by atoms with Crippen LogP contribution in [0.3, 0.4) is 0 Å². The first-order valence-corrected chi connectivity index (χ1v) is 16.1. The maximum atomic E-state index is 12.7. The average molecular weight is 618 g/mol. The summed E-state index contributed by atoms with van der Waals surface area (Å²) in [7, 11) is 2.05. The van der Waals surface area contributed by atoms with Gasteiger partial charge in [0.1, 0.15) is 0 Å². The van der Waals surface area contributed by atoms with Crippen molar-refractivity contribution in [1.82, 2.24) is 44.3 Å². The summed E-state index contributed by atoms with van der Waals surface area (Å²) in [4.78, 5) is 14.0. The lowest BCUT2D eigenvalue weighted by Crippen LogP contribution is -2.46. The molecule has 0 saturated carbocycles. The predicted molar refractivity (Wildman–Crippen MR) is 167 cm³/mol. The molecule has 13 nitrogen and oxygen atoms in total. The van der Waals surface area contributed by atoms with Crippen LogP contribution < -0.4 is 10.1 Å². The molecule has 5 rings (SSSR count). The number of anilines is 2. The monoisotopic (exact) mass is 617 g/mol. The fourth-order valence-electron chi connectivity index (χ4n) is 5.43. The number of nitrogens with one attached hydrogen (secondary N) is 2. The first-order chi connectivity index (χ1) is 21.1. The topological polar surface area (TPSA) is 150 Å². The van der Waals surface area contributed by atoms with Crippen molar-refractivity contribution >= 4 is 21.7 Å². The number of hydrazine groups is 1. The second kappa shape index (κ2) is 13.6. The lowest BCUT2D eigenvalue weighted by molar-refractivity contribution is 0.145. The molecule has 44 heavy (non-hydrogen) atoms. The van der Waals surface area contributed by atoms with E-state index >= 15 is 0 Å². The van der Waals surface area contributed by atoms with Gasteiger partial charge in [0.2, 0.25) is 5.95 Å². The Morgan fingerprint density at radius 1 is 1.14 bits per heavy atom. The summed E-state index contributed by atoms with van der Waals surface area (Å²) in [5.41, 5.74) is 4.69. The number of nitrogens with zero attached hydrogens (tertiary/aromatic N) is 9. The van der Waals surface area contributed by atoms with Crippen LogP contribution in [0.4, 0.5) is 11.6 Å². The summed E-state index contributed by atoms with van der Waals surface area (Å²) in [5.74, 6) is 0.829. The minimum atomic E-state index is -3.71. The molecule has 1 aromatic carbocycles. The standard InChI is InChI=1S/C30H39N11O2S/c1-22-18-32-30(34-26-7-5-24(6-8-26)20-38(2)3)35-29(22)25-19-33-41(21-25)27(9-13-31)17-23-10-15-40(16-11-23)37-44(42,43)28-12-14-39(4)36-28/h5-8,12,14,18-19,21,23,27,37H,9-11,15-17,20H2,1-4H3,(H,32,34,35). The summed E-state index contributed by atoms with van der Waals surface area (Å²) in [5, 5.41) is 23.3. The van der Waals surface area contributed by atoms with Gasteiger partial charge >= 0.3 is 0 Å². The molecule has 4 aromatic rings. The van der Waals surface area contributed by atoms with Crippen LogP contribution >= 0.6 is 0 Å². The molecule has 0 bridgehead atoms. The number of piperidine rings is 1. The lowest BCUT2D eigenvalue weighted by atomic mass is 9.90. The summed E-state index contributed by atoms with van der Waals surface area (Å²) in [6.07, 6.45) is 9.84. The molecule has 1 saturated heterocycles. The first kappa shape index (κ1) is 31.3. The number of aromatic nitrogens is 6.